The van der Waals surface area contributed by atoms with Crippen molar-refractivity contribution < 1.29 is 9.59 Å². The Morgan fingerprint density at radius 3 is 0.932 bits per heavy atom. The number of carbonyl (C=O) groups excluding carboxylic acids is 2. The second-order valence-electron chi connectivity index (χ2n) is 23.3. The van der Waals surface area contributed by atoms with Crippen LogP contribution in [0.25, 0.3) is 11.1 Å². The van der Waals surface area contributed by atoms with Crippen molar-refractivity contribution in [2.45, 2.75) is 329 Å². The lowest BCUT2D eigenvalue weighted by Gasteiger charge is -2.29. The lowest BCUT2D eigenvalue weighted by atomic mass is 9.95. The van der Waals surface area contributed by atoms with Crippen molar-refractivity contribution in [2.75, 3.05) is 16.8 Å². The highest BCUT2D eigenvalue weighted by Gasteiger charge is 2.45. The number of rotatable bonds is 47. The summed E-state index contributed by atoms with van der Waals surface area (Å²) in [5, 5.41) is 8.68. The Hall–Kier alpha value is -3.28. The van der Waals surface area contributed by atoms with E-state index >= 15 is 9.59 Å². The number of unbranched alkanes of at least 4 members (excludes halogenated alkanes) is 36. The van der Waals surface area contributed by atoms with E-state index in [4.69, 9.17) is 0 Å². The lowest BCUT2D eigenvalue weighted by molar-refractivity contribution is -0.115. The predicted molar refractivity (Wildman–Crippen MR) is 323 cm³/mol. The standard InChI is InChI=1S/C68H114N4O2/c1-7-11-15-19-23-27-31-35-39-43-47-59(48-44-40-36-32-28-24-20-16-12-8-2)71-63-55-57(5)51-53-61(63)65(67(71)73)66-62-54-52-58(70-69-6)56-64(62)72(68(66)74)60(49-45-41-37-33-29-25-21-17-13-9-3)50-46-42-38-34-30-26-22-18-14-10-4/h51-56,59-60H,7-50H2,1-6H3/b66-65+,70-69?. The maximum atomic E-state index is 15.7. The maximum absolute atomic E-state index is 15.7. The summed E-state index contributed by atoms with van der Waals surface area (Å²) in [5.41, 5.74) is 6.89. The molecular weight excluding hydrogens is 905 g/mol. The van der Waals surface area contributed by atoms with Gasteiger partial charge in [-0.3, -0.25) is 9.59 Å². The number of amides is 2. The number of azo groups is 1. The average Bonchev–Trinajstić information content (AvgIpc) is 3.84. The van der Waals surface area contributed by atoms with Gasteiger partial charge in [-0.15, -0.1) is 0 Å². The van der Waals surface area contributed by atoms with E-state index in [1.165, 1.54) is 231 Å². The van der Waals surface area contributed by atoms with Crippen molar-refractivity contribution >= 4 is 40.0 Å². The molecule has 2 amide bonds. The molecule has 0 saturated heterocycles. The van der Waals surface area contributed by atoms with Gasteiger partial charge in [-0.2, -0.15) is 10.2 Å². The molecule has 74 heavy (non-hydrogen) atoms. The van der Waals surface area contributed by atoms with Crippen LogP contribution in [0.3, 0.4) is 0 Å². The van der Waals surface area contributed by atoms with E-state index in [-0.39, 0.29) is 23.9 Å². The van der Waals surface area contributed by atoms with Crippen LogP contribution in [0.2, 0.25) is 0 Å². The minimum Gasteiger partial charge on any atom is -0.305 e. The fourth-order valence-electron chi connectivity index (χ4n) is 12.3. The highest BCUT2D eigenvalue weighted by atomic mass is 16.2. The van der Waals surface area contributed by atoms with Crippen LogP contribution in [-0.2, 0) is 9.59 Å². The first-order valence-corrected chi connectivity index (χ1v) is 32.4. The maximum Gasteiger partial charge on any atom is 0.260 e. The number of hydrogen-bond donors (Lipinski definition) is 0. The molecule has 0 unspecified atom stereocenters. The van der Waals surface area contributed by atoms with Crippen LogP contribution in [0.4, 0.5) is 17.1 Å². The fraction of sp³-hybridized carbons (Fsp3) is 0.765. The highest BCUT2D eigenvalue weighted by Crippen LogP contribution is 2.50. The molecule has 2 aromatic carbocycles. The van der Waals surface area contributed by atoms with Gasteiger partial charge in [-0.1, -0.05) is 297 Å². The summed E-state index contributed by atoms with van der Waals surface area (Å²) in [6, 6.07) is 12.9. The fourth-order valence-corrected chi connectivity index (χ4v) is 12.3. The van der Waals surface area contributed by atoms with Crippen LogP contribution in [0.1, 0.15) is 327 Å². The smallest absolute Gasteiger partial charge is 0.260 e. The van der Waals surface area contributed by atoms with Gasteiger partial charge in [-0.05, 0) is 62.4 Å². The molecule has 2 aliphatic rings. The van der Waals surface area contributed by atoms with E-state index < -0.39 is 0 Å². The van der Waals surface area contributed by atoms with Crippen molar-refractivity contribution in [1.82, 2.24) is 0 Å². The Morgan fingerprint density at radius 2 is 0.635 bits per heavy atom. The van der Waals surface area contributed by atoms with Gasteiger partial charge in [0.05, 0.1) is 28.2 Å². The van der Waals surface area contributed by atoms with E-state index in [2.05, 4.69) is 85.0 Å². The lowest BCUT2D eigenvalue weighted by Crippen LogP contribution is -2.39. The molecule has 6 heteroatoms. The zero-order valence-corrected chi connectivity index (χ0v) is 49.3. The van der Waals surface area contributed by atoms with E-state index in [1.807, 2.05) is 6.07 Å². The molecule has 0 radical (unpaired) electrons. The van der Waals surface area contributed by atoms with E-state index in [0.717, 1.165) is 85.1 Å². The molecule has 6 nitrogen and oxygen atoms in total. The predicted octanol–water partition coefficient (Wildman–Crippen LogP) is 22.3. The minimum atomic E-state index is 0.00686. The van der Waals surface area contributed by atoms with Gasteiger partial charge in [0.25, 0.3) is 11.8 Å². The first kappa shape index (κ1) is 63.3. The van der Waals surface area contributed by atoms with Gasteiger partial charge >= 0.3 is 0 Å². The number of aryl methyl sites for hydroxylation is 1. The number of anilines is 2. The van der Waals surface area contributed by atoms with Gasteiger partial charge in [-0.25, -0.2) is 0 Å². The summed E-state index contributed by atoms with van der Waals surface area (Å²) in [7, 11) is 1.72. The van der Waals surface area contributed by atoms with E-state index in [1.54, 1.807) is 7.05 Å². The molecule has 0 bridgehead atoms. The molecule has 0 atom stereocenters. The van der Waals surface area contributed by atoms with Crippen LogP contribution in [-0.4, -0.2) is 30.9 Å². The molecule has 0 aromatic heterocycles. The van der Waals surface area contributed by atoms with Gasteiger partial charge in [0.2, 0.25) is 0 Å². The number of nitrogens with zero attached hydrogens (tertiary/aromatic N) is 4. The first-order valence-electron chi connectivity index (χ1n) is 32.4. The Balaban J connectivity index is 1.61. The quantitative estimate of drug-likeness (QED) is 0.0377. The molecule has 4 rings (SSSR count). The van der Waals surface area contributed by atoms with Crippen molar-refractivity contribution in [3.63, 3.8) is 0 Å². The average molecular weight is 1020 g/mol. The summed E-state index contributed by atoms with van der Waals surface area (Å²) in [4.78, 5) is 35.7. The van der Waals surface area contributed by atoms with Crippen LogP contribution >= 0.6 is 0 Å². The van der Waals surface area contributed by atoms with Gasteiger partial charge in [0.1, 0.15) is 0 Å². The second-order valence-corrected chi connectivity index (χ2v) is 23.3. The summed E-state index contributed by atoms with van der Waals surface area (Å²) >= 11 is 0. The Labute approximate surface area is 457 Å². The SMILES string of the molecule is CCCCCCCCCCCCC(CCCCCCCCCCCC)N1C(=O)/C(=C2/C(=O)N(C(CCCCCCCCCCCC)CCCCCCCCCCCC)c3cc(N=NC)ccc32)c2ccc(C)cc21. The number of fused-ring (bicyclic) bond motifs is 2. The topological polar surface area (TPSA) is 65.3 Å². The van der Waals surface area contributed by atoms with Crippen molar-refractivity contribution in [3.8, 4) is 0 Å². The third-order valence-corrected chi connectivity index (χ3v) is 16.8. The normalized spacial score (nSPS) is 14.6. The van der Waals surface area contributed by atoms with E-state index in [9.17, 15) is 0 Å². The molecule has 2 aromatic rings. The van der Waals surface area contributed by atoms with Crippen molar-refractivity contribution in [2.24, 2.45) is 10.2 Å². The Kier molecular flexibility index (Phi) is 34.2. The Bertz CT molecular complexity index is 1820. The monoisotopic (exact) mass is 1020 g/mol. The molecular formula is C68H114N4O2. The number of benzene rings is 2. The van der Waals surface area contributed by atoms with E-state index in [0.29, 0.717) is 11.1 Å². The largest absolute Gasteiger partial charge is 0.305 e. The zero-order valence-electron chi connectivity index (χ0n) is 49.3. The molecule has 2 aliphatic heterocycles. The van der Waals surface area contributed by atoms with Crippen LogP contribution in [0.5, 0.6) is 0 Å². The molecule has 0 saturated carbocycles. The van der Waals surface area contributed by atoms with Crippen LogP contribution < -0.4 is 9.80 Å². The molecule has 418 valence electrons. The van der Waals surface area contributed by atoms with Gasteiger partial charge in [0, 0.05) is 30.3 Å². The summed E-state index contributed by atoms with van der Waals surface area (Å²) in [5.74, 6) is 0.0385. The molecule has 0 aliphatic carbocycles. The van der Waals surface area contributed by atoms with Crippen LogP contribution in [0.15, 0.2) is 46.6 Å². The minimum absolute atomic E-state index is 0.00686. The summed E-state index contributed by atoms with van der Waals surface area (Å²) in [6.07, 6.45) is 56.1. The van der Waals surface area contributed by atoms with Crippen molar-refractivity contribution in [3.05, 3.63) is 53.1 Å². The molecule has 0 spiro atoms. The number of carbonyl (C=O) groups is 2. The molecule has 0 N–H and O–H groups in total. The Morgan fingerprint density at radius 1 is 0.365 bits per heavy atom. The number of hydrogen-bond acceptors (Lipinski definition) is 4. The zero-order chi connectivity index (χ0) is 52.9. The molecule has 2 heterocycles. The van der Waals surface area contributed by atoms with Gasteiger partial charge in [0.15, 0.2) is 0 Å². The highest BCUT2D eigenvalue weighted by molar-refractivity contribution is 6.50. The first-order chi connectivity index (χ1) is 36.4. The second kappa shape index (κ2) is 40.0. The molecule has 0 fully saturated rings. The van der Waals surface area contributed by atoms with Crippen molar-refractivity contribution in [1.29, 1.82) is 0 Å². The third kappa shape index (κ3) is 22.7. The van der Waals surface area contributed by atoms with Crippen LogP contribution in [0, 0.1) is 6.92 Å². The summed E-state index contributed by atoms with van der Waals surface area (Å²) < 4.78 is 0. The summed E-state index contributed by atoms with van der Waals surface area (Å²) in [6.45, 7) is 11.3. The van der Waals surface area contributed by atoms with Gasteiger partial charge < -0.3 is 9.80 Å². The third-order valence-electron chi connectivity index (χ3n) is 16.8.